The van der Waals surface area contributed by atoms with Gasteiger partial charge in [-0.15, -0.1) is 0 Å². The maximum absolute atomic E-state index is 10.7. The molecular weight excluding hydrogens is 591 g/mol. The highest BCUT2D eigenvalue weighted by Gasteiger charge is 2.24. The largest absolute Gasteiger partial charge is 0.481 e. The van der Waals surface area contributed by atoms with Crippen LogP contribution in [0.1, 0.15) is 19.3 Å². The highest BCUT2D eigenvalue weighted by Crippen LogP contribution is 2.49. The Kier molecular flexibility index (Phi) is 9.95. The molecule has 0 saturated carbocycles. The summed E-state index contributed by atoms with van der Waals surface area (Å²) in [5.41, 5.74) is 4.56. The number of aliphatic carboxylic acids is 1. The molecule has 0 saturated heterocycles. The van der Waals surface area contributed by atoms with E-state index in [4.69, 9.17) is 14.9 Å². The summed E-state index contributed by atoms with van der Waals surface area (Å²) in [6.45, 7) is 1.38. The van der Waals surface area contributed by atoms with Gasteiger partial charge in [-0.25, -0.2) is 4.57 Å². The second-order valence-electron chi connectivity index (χ2n) is 9.55. The summed E-state index contributed by atoms with van der Waals surface area (Å²) in [6.07, 6.45) is 1.37. The van der Waals surface area contributed by atoms with Gasteiger partial charge in [0.25, 0.3) is 0 Å². The number of carbonyl (C=O) groups is 1. The van der Waals surface area contributed by atoms with Crippen molar-refractivity contribution in [2.45, 2.75) is 38.8 Å². The van der Waals surface area contributed by atoms with E-state index >= 15 is 0 Å². The topological polar surface area (TPSA) is 111 Å². The number of anilines is 4. The van der Waals surface area contributed by atoms with Crippen LogP contribution in [0.4, 0.5) is 22.7 Å². The Morgan fingerprint density at radius 1 is 0.643 bits per heavy atom. The zero-order valence-electron chi connectivity index (χ0n) is 22.7. The van der Waals surface area contributed by atoms with Gasteiger partial charge >= 0.3 is 13.8 Å². The zero-order chi connectivity index (χ0) is 29.5. The predicted octanol–water partition coefficient (Wildman–Crippen LogP) is 7.94. The van der Waals surface area contributed by atoms with Gasteiger partial charge in [0.15, 0.2) is 0 Å². The third-order valence-electron chi connectivity index (χ3n) is 6.62. The lowest BCUT2D eigenvalue weighted by Crippen LogP contribution is -2.22. The molecule has 6 rings (SSSR count). The molecule has 0 aliphatic carbocycles. The van der Waals surface area contributed by atoms with Crippen LogP contribution in [0.3, 0.4) is 0 Å². The van der Waals surface area contributed by atoms with Crippen LogP contribution in [0.25, 0.3) is 0 Å². The number of benzene rings is 4. The van der Waals surface area contributed by atoms with Gasteiger partial charge in [-0.05, 0) is 61.4 Å². The minimum Gasteiger partial charge on any atom is -0.481 e. The fourth-order valence-corrected chi connectivity index (χ4v) is 7.40. The number of phosphoric ester groups is 1. The molecule has 4 aromatic rings. The first-order chi connectivity index (χ1) is 20.3. The number of hydrogen-bond acceptors (Lipinski definition) is 7. The SMILES string of the molecule is O=C(O)CCCN1c2ccccc2Sc2ccccc21.O=P(O)(O)OCCCN1c2ccccc2Sc2ccccc21. The van der Waals surface area contributed by atoms with E-state index in [0.29, 0.717) is 19.4 Å². The Labute approximate surface area is 253 Å². The lowest BCUT2D eigenvalue weighted by Gasteiger charge is -2.32. The first kappa shape index (κ1) is 30.2. The third kappa shape index (κ3) is 7.58. The highest BCUT2D eigenvalue weighted by atomic mass is 32.2. The van der Waals surface area contributed by atoms with E-state index in [2.05, 4.69) is 62.9 Å². The van der Waals surface area contributed by atoms with Crippen molar-refractivity contribution in [2.75, 3.05) is 29.5 Å². The minimum absolute atomic E-state index is 0.0260. The molecule has 218 valence electrons. The van der Waals surface area contributed by atoms with Crippen LogP contribution in [-0.2, 0) is 13.9 Å². The molecule has 0 bridgehead atoms. The Bertz CT molecular complexity index is 1510. The van der Waals surface area contributed by atoms with Crippen LogP contribution in [0, 0.1) is 0 Å². The van der Waals surface area contributed by atoms with Crippen molar-refractivity contribution in [3.63, 3.8) is 0 Å². The fourth-order valence-electron chi connectivity index (χ4n) is 4.84. The number of hydrogen-bond donors (Lipinski definition) is 3. The quantitative estimate of drug-likeness (QED) is 0.126. The van der Waals surface area contributed by atoms with Gasteiger partial charge in [0.2, 0.25) is 0 Å². The number of phosphoric acid groups is 1. The van der Waals surface area contributed by atoms with E-state index in [9.17, 15) is 9.36 Å². The van der Waals surface area contributed by atoms with Crippen LogP contribution < -0.4 is 9.80 Å². The Morgan fingerprint density at radius 3 is 1.36 bits per heavy atom. The zero-order valence-corrected chi connectivity index (χ0v) is 25.2. The van der Waals surface area contributed by atoms with Gasteiger partial charge < -0.3 is 24.7 Å². The van der Waals surface area contributed by atoms with Crippen molar-refractivity contribution in [3.8, 4) is 0 Å². The molecular formula is C31H31N2O6PS2. The lowest BCUT2D eigenvalue weighted by atomic mass is 10.2. The standard InChI is InChI=1S/C16H15NO2S.C15H16NO4PS/c18-16(19)10-5-11-17-12-6-1-3-8-14(12)20-15-9-4-2-7-13(15)17;17-21(18,19)20-11-5-10-16-12-6-1-3-8-14(12)22-15-9-4-2-7-13(15)16/h1-4,6-9H,5,10-11H2,(H,18,19);1-4,6-9H,5,10-11H2,(H2,17,18,19). The first-order valence-corrected chi connectivity index (χ1v) is 16.7. The normalized spacial score (nSPS) is 13.2. The molecule has 42 heavy (non-hydrogen) atoms. The Hall–Kier alpha value is -3.24. The molecule has 3 N–H and O–H groups in total. The van der Waals surface area contributed by atoms with Gasteiger partial charge in [-0.1, -0.05) is 72.1 Å². The van der Waals surface area contributed by atoms with Crippen molar-refractivity contribution in [2.24, 2.45) is 0 Å². The molecule has 2 aliphatic rings. The maximum Gasteiger partial charge on any atom is 0.469 e. The van der Waals surface area contributed by atoms with Crippen molar-refractivity contribution in [1.29, 1.82) is 0 Å². The Balaban J connectivity index is 0.000000169. The summed E-state index contributed by atoms with van der Waals surface area (Å²) in [5, 5.41) is 8.81. The second-order valence-corrected chi connectivity index (χ2v) is 13.0. The molecule has 8 nitrogen and oxygen atoms in total. The van der Waals surface area contributed by atoms with E-state index in [1.165, 1.54) is 31.0 Å². The summed E-state index contributed by atoms with van der Waals surface area (Å²) >= 11 is 3.50. The monoisotopic (exact) mass is 622 g/mol. The average Bonchev–Trinajstić information content (AvgIpc) is 2.98. The molecule has 2 aliphatic heterocycles. The van der Waals surface area contributed by atoms with E-state index < -0.39 is 13.8 Å². The van der Waals surface area contributed by atoms with Gasteiger partial charge in [0.05, 0.1) is 29.4 Å². The molecule has 0 radical (unpaired) electrons. The molecule has 0 atom stereocenters. The summed E-state index contributed by atoms with van der Waals surface area (Å²) < 4.78 is 15.3. The third-order valence-corrected chi connectivity index (χ3v) is 9.40. The second kappa shape index (κ2) is 13.8. The number of carboxylic acids is 1. The molecule has 0 fully saturated rings. The van der Waals surface area contributed by atoms with Crippen molar-refractivity contribution >= 4 is 60.1 Å². The molecule has 0 unspecified atom stereocenters. The van der Waals surface area contributed by atoms with Gasteiger partial charge in [-0.3, -0.25) is 9.32 Å². The van der Waals surface area contributed by atoms with Gasteiger partial charge in [0.1, 0.15) is 0 Å². The first-order valence-electron chi connectivity index (χ1n) is 13.5. The summed E-state index contributed by atoms with van der Waals surface area (Å²) in [7, 11) is -4.39. The maximum atomic E-state index is 10.7. The molecule has 11 heteroatoms. The van der Waals surface area contributed by atoms with Crippen molar-refractivity contribution < 1.29 is 28.8 Å². The smallest absolute Gasteiger partial charge is 0.469 e. The summed E-state index contributed by atoms with van der Waals surface area (Å²) in [4.78, 5) is 37.4. The van der Waals surface area contributed by atoms with E-state index in [1.54, 1.807) is 23.5 Å². The summed E-state index contributed by atoms with van der Waals surface area (Å²) in [6, 6.07) is 32.8. The van der Waals surface area contributed by atoms with Gasteiger partial charge in [-0.2, -0.15) is 0 Å². The number of nitrogens with zero attached hydrogens (tertiary/aromatic N) is 2. The van der Waals surface area contributed by atoms with Crippen molar-refractivity contribution in [3.05, 3.63) is 97.1 Å². The van der Waals surface area contributed by atoms with Crippen molar-refractivity contribution in [1.82, 2.24) is 0 Å². The van der Waals surface area contributed by atoms with Gasteiger partial charge in [0, 0.05) is 39.1 Å². The van der Waals surface area contributed by atoms with E-state index in [1.807, 2.05) is 48.5 Å². The molecule has 0 aromatic heterocycles. The van der Waals surface area contributed by atoms with E-state index in [-0.39, 0.29) is 13.0 Å². The summed E-state index contributed by atoms with van der Waals surface area (Å²) in [5.74, 6) is -0.738. The van der Waals surface area contributed by atoms with Crippen LogP contribution in [0.2, 0.25) is 0 Å². The minimum atomic E-state index is -4.39. The number of carboxylic acid groups (broad SMARTS) is 1. The van der Waals surface area contributed by atoms with Crippen LogP contribution in [0.5, 0.6) is 0 Å². The number of para-hydroxylation sites is 4. The lowest BCUT2D eigenvalue weighted by molar-refractivity contribution is -0.137. The number of fused-ring (bicyclic) bond motifs is 4. The van der Waals surface area contributed by atoms with Crippen LogP contribution in [0.15, 0.2) is 117 Å². The molecule has 0 spiro atoms. The fraction of sp³-hybridized carbons (Fsp3) is 0.194. The van der Waals surface area contributed by atoms with Crippen LogP contribution >= 0.6 is 31.3 Å². The predicted molar refractivity (Wildman–Crippen MR) is 168 cm³/mol. The molecule has 2 heterocycles. The number of rotatable bonds is 9. The highest BCUT2D eigenvalue weighted by molar-refractivity contribution is 8.00. The average molecular weight is 623 g/mol. The Morgan fingerprint density at radius 2 is 1.00 bits per heavy atom. The van der Waals surface area contributed by atoms with E-state index in [0.717, 1.165) is 17.9 Å². The molecule has 0 amide bonds. The molecule has 4 aromatic carbocycles. The van der Waals surface area contributed by atoms with Crippen LogP contribution in [-0.4, -0.2) is 40.6 Å².